The second-order valence-electron chi connectivity index (χ2n) is 5.54. The Morgan fingerprint density at radius 3 is 2.63 bits per heavy atom. The van der Waals surface area contributed by atoms with Crippen molar-refractivity contribution in [3.8, 4) is 0 Å². The Balaban J connectivity index is 1.97. The van der Waals surface area contributed by atoms with Crippen molar-refractivity contribution >= 4 is 11.8 Å². The molecule has 0 aromatic heterocycles. The van der Waals surface area contributed by atoms with Crippen molar-refractivity contribution in [1.82, 2.24) is 15.1 Å². The third-order valence-corrected chi connectivity index (χ3v) is 4.13. The fraction of sp³-hybridized carbons (Fsp3) is 0.846. The van der Waals surface area contributed by atoms with E-state index in [2.05, 4.69) is 10.2 Å². The number of nitrogens with two attached hydrogens (primary N) is 1. The van der Waals surface area contributed by atoms with Crippen LogP contribution in [0.25, 0.3) is 0 Å². The van der Waals surface area contributed by atoms with Gasteiger partial charge in [-0.3, -0.25) is 14.5 Å². The van der Waals surface area contributed by atoms with Gasteiger partial charge in [0.2, 0.25) is 11.8 Å². The van der Waals surface area contributed by atoms with Crippen molar-refractivity contribution in [2.24, 2.45) is 5.73 Å². The van der Waals surface area contributed by atoms with Crippen LogP contribution in [0.2, 0.25) is 0 Å². The van der Waals surface area contributed by atoms with Gasteiger partial charge in [0, 0.05) is 13.1 Å². The normalized spacial score (nSPS) is 25.4. The maximum Gasteiger partial charge on any atom is 0.240 e. The van der Waals surface area contributed by atoms with Crippen molar-refractivity contribution in [2.45, 2.75) is 37.8 Å². The predicted molar refractivity (Wildman–Crippen MR) is 72.5 cm³/mol. The Morgan fingerprint density at radius 1 is 1.32 bits per heavy atom. The smallest absolute Gasteiger partial charge is 0.240 e. The molecule has 0 aliphatic carbocycles. The number of primary amides is 1. The molecular formula is C13H24N4O2. The van der Waals surface area contributed by atoms with E-state index in [-0.39, 0.29) is 18.5 Å². The Bertz CT molecular complexity index is 342. The van der Waals surface area contributed by atoms with Gasteiger partial charge in [0.15, 0.2) is 0 Å². The summed E-state index contributed by atoms with van der Waals surface area (Å²) in [4.78, 5) is 27.1. The first-order valence-electron chi connectivity index (χ1n) is 7.09. The molecule has 2 saturated heterocycles. The van der Waals surface area contributed by atoms with Gasteiger partial charge >= 0.3 is 0 Å². The van der Waals surface area contributed by atoms with E-state index < -0.39 is 5.91 Å². The quantitative estimate of drug-likeness (QED) is 0.696. The standard InChI is InChI=1S/C13H24N4O2/c1-16(9-12(14)18)13(19)11-3-2-8-17(11)10-4-6-15-7-5-10/h10-11,15H,2-9H2,1H3,(H2,14,18). The third-order valence-electron chi connectivity index (χ3n) is 4.13. The first kappa shape index (κ1) is 14.3. The summed E-state index contributed by atoms with van der Waals surface area (Å²) in [5, 5.41) is 3.35. The van der Waals surface area contributed by atoms with Crippen molar-refractivity contribution in [3.63, 3.8) is 0 Å². The highest BCUT2D eigenvalue weighted by Gasteiger charge is 2.37. The molecule has 2 rings (SSSR count). The lowest BCUT2D eigenvalue weighted by atomic mass is 10.0. The van der Waals surface area contributed by atoms with Gasteiger partial charge in [-0.15, -0.1) is 0 Å². The molecule has 2 heterocycles. The number of nitrogens with one attached hydrogen (secondary N) is 1. The molecule has 0 aromatic rings. The number of hydrogen-bond acceptors (Lipinski definition) is 4. The molecule has 1 atom stereocenters. The van der Waals surface area contributed by atoms with Crippen LogP contribution in [0.1, 0.15) is 25.7 Å². The van der Waals surface area contributed by atoms with E-state index in [1.807, 2.05) is 0 Å². The molecule has 2 aliphatic heterocycles. The second-order valence-corrected chi connectivity index (χ2v) is 5.54. The van der Waals surface area contributed by atoms with Crippen molar-refractivity contribution in [3.05, 3.63) is 0 Å². The van der Waals surface area contributed by atoms with Crippen LogP contribution in [0, 0.1) is 0 Å². The van der Waals surface area contributed by atoms with E-state index in [4.69, 9.17) is 5.73 Å². The number of hydrogen-bond donors (Lipinski definition) is 2. The van der Waals surface area contributed by atoms with Crippen LogP contribution in [-0.2, 0) is 9.59 Å². The zero-order valence-corrected chi connectivity index (χ0v) is 11.6. The highest BCUT2D eigenvalue weighted by Crippen LogP contribution is 2.25. The largest absolute Gasteiger partial charge is 0.368 e. The van der Waals surface area contributed by atoms with Crippen LogP contribution in [0.5, 0.6) is 0 Å². The van der Waals surface area contributed by atoms with Gasteiger partial charge < -0.3 is 16.0 Å². The molecule has 0 saturated carbocycles. The van der Waals surface area contributed by atoms with Crippen molar-refractivity contribution < 1.29 is 9.59 Å². The maximum absolute atomic E-state index is 12.4. The van der Waals surface area contributed by atoms with Gasteiger partial charge in [-0.25, -0.2) is 0 Å². The van der Waals surface area contributed by atoms with Crippen molar-refractivity contribution in [2.75, 3.05) is 33.2 Å². The second kappa shape index (κ2) is 6.34. The van der Waals surface area contributed by atoms with Crippen molar-refractivity contribution in [1.29, 1.82) is 0 Å². The minimum absolute atomic E-state index is 0.00932. The van der Waals surface area contributed by atoms with E-state index in [1.54, 1.807) is 7.05 Å². The fourth-order valence-electron chi connectivity index (χ4n) is 3.20. The fourth-order valence-corrected chi connectivity index (χ4v) is 3.20. The topological polar surface area (TPSA) is 78.7 Å². The average Bonchev–Trinajstić information content (AvgIpc) is 2.87. The number of likely N-dealkylation sites (tertiary alicyclic amines) is 1. The number of carbonyl (C=O) groups is 2. The monoisotopic (exact) mass is 268 g/mol. The third kappa shape index (κ3) is 3.45. The summed E-state index contributed by atoms with van der Waals surface area (Å²) in [5.74, 6) is -0.419. The number of carbonyl (C=O) groups excluding carboxylic acids is 2. The van der Waals surface area contributed by atoms with Crippen LogP contribution >= 0.6 is 0 Å². The first-order valence-corrected chi connectivity index (χ1v) is 7.09. The van der Waals surface area contributed by atoms with Gasteiger partial charge in [0.1, 0.15) is 0 Å². The molecule has 6 heteroatoms. The number of piperidine rings is 1. The van der Waals surface area contributed by atoms with Gasteiger partial charge in [-0.1, -0.05) is 0 Å². The number of amides is 2. The molecule has 0 radical (unpaired) electrons. The maximum atomic E-state index is 12.4. The summed E-state index contributed by atoms with van der Waals surface area (Å²) in [7, 11) is 1.66. The van der Waals surface area contributed by atoms with Gasteiger partial charge in [0.05, 0.1) is 12.6 Å². The molecular weight excluding hydrogens is 244 g/mol. The van der Waals surface area contributed by atoms with Crippen LogP contribution in [-0.4, -0.2) is 66.9 Å². The molecule has 108 valence electrons. The summed E-state index contributed by atoms with van der Waals surface area (Å²) in [6.07, 6.45) is 4.16. The van der Waals surface area contributed by atoms with E-state index in [0.29, 0.717) is 6.04 Å². The first-order chi connectivity index (χ1) is 9.09. The summed E-state index contributed by atoms with van der Waals surface area (Å²) < 4.78 is 0. The average molecular weight is 268 g/mol. The Kier molecular flexibility index (Phi) is 4.76. The lowest BCUT2D eigenvalue weighted by Crippen LogP contribution is -2.52. The lowest BCUT2D eigenvalue weighted by molar-refractivity contribution is -0.138. The number of likely N-dealkylation sites (N-methyl/N-ethyl adjacent to an activating group) is 1. The molecule has 1 unspecified atom stereocenters. The van der Waals surface area contributed by atoms with E-state index in [0.717, 1.165) is 45.3 Å². The van der Waals surface area contributed by atoms with Crippen LogP contribution < -0.4 is 11.1 Å². The van der Waals surface area contributed by atoms with Crippen LogP contribution in [0.4, 0.5) is 0 Å². The van der Waals surface area contributed by atoms with E-state index >= 15 is 0 Å². The van der Waals surface area contributed by atoms with Crippen LogP contribution in [0.3, 0.4) is 0 Å². The predicted octanol–water partition coefficient (Wildman–Crippen LogP) is -0.853. The molecule has 3 N–H and O–H groups in total. The van der Waals surface area contributed by atoms with E-state index in [9.17, 15) is 9.59 Å². The number of nitrogens with zero attached hydrogens (tertiary/aromatic N) is 2. The SMILES string of the molecule is CN(CC(N)=O)C(=O)C1CCCN1C1CCNCC1. The van der Waals surface area contributed by atoms with E-state index in [1.165, 1.54) is 4.90 Å². The molecule has 19 heavy (non-hydrogen) atoms. The molecule has 2 aliphatic rings. The molecule has 6 nitrogen and oxygen atoms in total. The lowest BCUT2D eigenvalue weighted by Gasteiger charge is -2.36. The summed E-state index contributed by atoms with van der Waals surface area (Å²) >= 11 is 0. The van der Waals surface area contributed by atoms with Gasteiger partial charge in [-0.2, -0.15) is 0 Å². The summed E-state index contributed by atoms with van der Waals surface area (Å²) in [6.45, 7) is 3.05. The highest BCUT2D eigenvalue weighted by atomic mass is 16.2. The zero-order chi connectivity index (χ0) is 13.8. The molecule has 2 amide bonds. The molecule has 0 bridgehead atoms. The highest BCUT2D eigenvalue weighted by molar-refractivity contribution is 5.86. The Labute approximate surface area is 114 Å². The Hall–Kier alpha value is -1.14. The minimum atomic E-state index is -0.456. The van der Waals surface area contributed by atoms with Gasteiger partial charge in [0.25, 0.3) is 0 Å². The minimum Gasteiger partial charge on any atom is -0.368 e. The molecule has 2 fully saturated rings. The van der Waals surface area contributed by atoms with Gasteiger partial charge in [-0.05, 0) is 45.3 Å². The molecule has 0 aromatic carbocycles. The molecule has 0 spiro atoms. The number of rotatable bonds is 4. The van der Waals surface area contributed by atoms with Crippen LogP contribution in [0.15, 0.2) is 0 Å². The summed E-state index contributed by atoms with van der Waals surface area (Å²) in [5.41, 5.74) is 5.15. The summed E-state index contributed by atoms with van der Waals surface area (Å²) in [6, 6.07) is 0.437. The zero-order valence-electron chi connectivity index (χ0n) is 11.6. The Morgan fingerprint density at radius 2 is 2.00 bits per heavy atom.